The molecule has 5 nitrogen and oxygen atoms in total. The minimum Gasteiger partial charge on any atom is -0.497 e. The molecule has 0 bridgehead atoms. The number of hydrogen-bond acceptors (Lipinski definition) is 5. The summed E-state index contributed by atoms with van der Waals surface area (Å²) in [5, 5.41) is 10.8. The Balaban J connectivity index is 1.60. The van der Waals surface area contributed by atoms with Crippen LogP contribution >= 0.6 is 0 Å². The topological polar surface area (TPSA) is 65.0 Å². The van der Waals surface area contributed by atoms with E-state index in [0.29, 0.717) is 19.1 Å². The molecule has 0 amide bonds. The van der Waals surface area contributed by atoms with Gasteiger partial charge in [-0.2, -0.15) is 0 Å². The predicted molar refractivity (Wildman–Crippen MR) is 148 cm³/mol. The fraction of sp³-hybridized carbons (Fsp3) is 0.531. The third-order valence-electron chi connectivity index (χ3n) is 7.89. The van der Waals surface area contributed by atoms with E-state index in [1.165, 1.54) is 5.56 Å². The van der Waals surface area contributed by atoms with Crippen molar-refractivity contribution in [2.45, 2.75) is 84.5 Å². The Morgan fingerprint density at radius 1 is 1.05 bits per heavy atom. The molecule has 1 fully saturated rings. The molecule has 0 aromatic heterocycles. The first-order valence-electron chi connectivity index (χ1n) is 13.4. The minimum atomic E-state index is -1.22. The Morgan fingerprint density at radius 3 is 2.35 bits per heavy atom. The number of benzene rings is 2. The molecule has 2 aromatic rings. The highest BCUT2D eigenvalue weighted by molar-refractivity contribution is 5.75. The Kier molecular flexibility index (Phi) is 10.4. The van der Waals surface area contributed by atoms with Crippen molar-refractivity contribution in [3.63, 3.8) is 0 Å². The van der Waals surface area contributed by atoms with E-state index in [1.54, 1.807) is 7.11 Å². The summed E-state index contributed by atoms with van der Waals surface area (Å²) in [5.41, 5.74) is 4.09. The summed E-state index contributed by atoms with van der Waals surface area (Å²) in [6.07, 6.45) is 1.70. The number of ether oxygens (including phenoxy) is 3. The second kappa shape index (κ2) is 13.3. The standard InChI is InChI=1S/C32H44O5/c1-22(2)25(21-36-20-24-13-15-27(35-6)16-14-24)19-29(33)31(34)37-30-18-23(3)12-17-28(30)32(4,5)26-10-8-7-9-11-26/h7-11,13-16,23,28-30,33H,12,17-21H2,1-6H3/t23-,28-,29+,30-/m1/s1. The number of allylic oxidation sites excluding steroid dienone is 1. The van der Waals surface area contributed by atoms with Crippen molar-refractivity contribution < 1.29 is 24.1 Å². The summed E-state index contributed by atoms with van der Waals surface area (Å²) >= 11 is 0. The van der Waals surface area contributed by atoms with Gasteiger partial charge in [0.05, 0.1) is 20.3 Å². The van der Waals surface area contributed by atoms with E-state index >= 15 is 0 Å². The molecule has 0 saturated heterocycles. The van der Waals surface area contributed by atoms with E-state index in [-0.39, 0.29) is 23.9 Å². The molecular formula is C32H44O5. The zero-order chi connectivity index (χ0) is 27.0. The average Bonchev–Trinajstić information content (AvgIpc) is 2.88. The minimum absolute atomic E-state index is 0.141. The van der Waals surface area contributed by atoms with Gasteiger partial charge in [-0.05, 0) is 66.9 Å². The maximum Gasteiger partial charge on any atom is 0.335 e. The van der Waals surface area contributed by atoms with Crippen molar-refractivity contribution in [1.29, 1.82) is 0 Å². The van der Waals surface area contributed by atoms with Crippen LogP contribution in [-0.4, -0.2) is 37.0 Å². The Hall–Kier alpha value is -2.63. The first-order valence-corrected chi connectivity index (χ1v) is 13.4. The lowest BCUT2D eigenvalue weighted by Gasteiger charge is -2.44. The molecule has 5 heteroatoms. The maximum atomic E-state index is 13.1. The summed E-state index contributed by atoms with van der Waals surface area (Å²) in [7, 11) is 1.64. The third-order valence-corrected chi connectivity index (χ3v) is 7.89. The number of carbonyl (C=O) groups excluding carboxylic acids is 1. The number of aliphatic hydroxyl groups is 1. The fourth-order valence-corrected chi connectivity index (χ4v) is 5.33. The van der Waals surface area contributed by atoms with Gasteiger partial charge < -0.3 is 19.3 Å². The van der Waals surface area contributed by atoms with Gasteiger partial charge in [0.25, 0.3) is 0 Å². The largest absolute Gasteiger partial charge is 0.497 e. The van der Waals surface area contributed by atoms with Crippen LogP contribution in [0.15, 0.2) is 65.7 Å². The van der Waals surface area contributed by atoms with E-state index in [9.17, 15) is 9.90 Å². The highest BCUT2D eigenvalue weighted by atomic mass is 16.6. The van der Waals surface area contributed by atoms with Crippen molar-refractivity contribution in [3.05, 3.63) is 76.9 Å². The Labute approximate surface area is 222 Å². The van der Waals surface area contributed by atoms with Crippen LogP contribution in [0.3, 0.4) is 0 Å². The molecule has 1 aliphatic rings. The first-order chi connectivity index (χ1) is 17.6. The van der Waals surface area contributed by atoms with E-state index in [2.05, 4.69) is 45.0 Å². The van der Waals surface area contributed by atoms with Crippen LogP contribution in [0.1, 0.15) is 71.4 Å². The van der Waals surface area contributed by atoms with Gasteiger partial charge in [-0.3, -0.25) is 0 Å². The van der Waals surface area contributed by atoms with Gasteiger partial charge in [-0.1, -0.05) is 75.2 Å². The van der Waals surface area contributed by atoms with Gasteiger partial charge in [0, 0.05) is 12.3 Å². The molecule has 37 heavy (non-hydrogen) atoms. The molecule has 4 atom stereocenters. The summed E-state index contributed by atoms with van der Waals surface area (Å²) in [6, 6.07) is 18.2. The number of carbonyl (C=O) groups is 1. The summed E-state index contributed by atoms with van der Waals surface area (Å²) < 4.78 is 17.2. The van der Waals surface area contributed by atoms with Gasteiger partial charge >= 0.3 is 5.97 Å². The lowest BCUT2D eigenvalue weighted by molar-refractivity contribution is -0.166. The normalized spacial score (nSPS) is 20.7. The van der Waals surface area contributed by atoms with Crippen molar-refractivity contribution in [3.8, 4) is 5.75 Å². The molecule has 0 aliphatic heterocycles. The molecule has 0 unspecified atom stereocenters. The second-order valence-electron chi connectivity index (χ2n) is 11.3. The monoisotopic (exact) mass is 508 g/mol. The molecule has 1 aliphatic carbocycles. The van der Waals surface area contributed by atoms with Gasteiger partial charge in [0.2, 0.25) is 0 Å². The molecule has 0 spiro atoms. The summed E-state index contributed by atoms with van der Waals surface area (Å²) in [5.74, 6) is 0.939. The molecule has 3 rings (SSSR count). The van der Waals surface area contributed by atoms with Crippen LogP contribution in [-0.2, 0) is 26.3 Å². The molecule has 2 aromatic carbocycles. The summed E-state index contributed by atoms with van der Waals surface area (Å²) in [6.45, 7) is 11.4. The van der Waals surface area contributed by atoms with Crippen LogP contribution in [0.25, 0.3) is 0 Å². The van der Waals surface area contributed by atoms with E-state index < -0.39 is 12.1 Å². The molecule has 1 N–H and O–H groups in total. The van der Waals surface area contributed by atoms with Crippen LogP contribution < -0.4 is 4.74 Å². The maximum absolute atomic E-state index is 13.1. The zero-order valence-corrected chi connectivity index (χ0v) is 23.3. The van der Waals surface area contributed by atoms with Crippen molar-refractivity contribution >= 4 is 5.97 Å². The predicted octanol–water partition coefficient (Wildman–Crippen LogP) is 6.63. The quantitative estimate of drug-likeness (QED) is 0.273. The van der Waals surface area contributed by atoms with Crippen LogP contribution in [0, 0.1) is 11.8 Å². The number of rotatable bonds is 11. The Morgan fingerprint density at radius 2 is 1.73 bits per heavy atom. The van der Waals surface area contributed by atoms with Crippen molar-refractivity contribution in [1.82, 2.24) is 0 Å². The average molecular weight is 509 g/mol. The molecule has 0 heterocycles. The molecule has 202 valence electrons. The van der Waals surface area contributed by atoms with E-state index in [0.717, 1.165) is 41.7 Å². The molecule has 1 saturated carbocycles. The second-order valence-corrected chi connectivity index (χ2v) is 11.3. The van der Waals surface area contributed by atoms with Crippen molar-refractivity contribution in [2.24, 2.45) is 11.8 Å². The third kappa shape index (κ3) is 7.93. The van der Waals surface area contributed by atoms with Crippen LogP contribution in [0.4, 0.5) is 0 Å². The highest BCUT2D eigenvalue weighted by Crippen LogP contribution is 2.43. The number of methoxy groups -OCH3 is 1. The smallest absolute Gasteiger partial charge is 0.335 e. The van der Waals surface area contributed by atoms with Gasteiger partial charge in [-0.25, -0.2) is 4.79 Å². The van der Waals surface area contributed by atoms with Gasteiger partial charge in [0.1, 0.15) is 11.9 Å². The number of hydrogen-bond donors (Lipinski definition) is 1. The van der Waals surface area contributed by atoms with E-state index in [1.807, 2.05) is 44.2 Å². The SMILES string of the molecule is COc1ccc(COCC(C[C@H](O)C(=O)O[C@@H]2C[C@H](C)CC[C@H]2C(C)(C)c2ccccc2)=C(C)C)cc1. The van der Waals surface area contributed by atoms with Gasteiger partial charge in [-0.15, -0.1) is 0 Å². The lowest BCUT2D eigenvalue weighted by Crippen LogP contribution is -2.44. The first kappa shape index (κ1) is 28.9. The zero-order valence-electron chi connectivity index (χ0n) is 23.3. The fourth-order valence-electron chi connectivity index (χ4n) is 5.33. The van der Waals surface area contributed by atoms with E-state index in [4.69, 9.17) is 14.2 Å². The lowest BCUT2D eigenvalue weighted by atomic mass is 9.64. The van der Waals surface area contributed by atoms with Crippen molar-refractivity contribution in [2.75, 3.05) is 13.7 Å². The number of esters is 1. The molecule has 0 radical (unpaired) electrons. The summed E-state index contributed by atoms with van der Waals surface area (Å²) in [4.78, 5) is 13.1. The van der Waals surface area contributed by atoms with Gasteiger partial charge in [0.15, 0.2) is 6.10 Å². The van der Waals surface area contributed by atoms with Crippen LogP contribution in [0.2, 0.25) is 0 Å². The number of aliphatic hydroxyl groups excluding tert-OH is 1. The molecular weight excluding hydrogens is 464 g/mol. The Bertz CT molecular complexity index is 1020. The van der Waals surface area contributed by atoms with Crippen LogP contribution in [0.5, 0.6) is 5.75 Å². The highest BCUT2D eigenvalue weighted by Gasteiger charge is 2.42.